The number of H-pyrrole nitrogens is 1. The normalized spacial score (nSPS) is 10.6. The number of rotatable bonds is 5. The molecule has 3 aromatic rings. The third-order valence-corrected chi connectivity index (χ3v) is 3.94. The monoisotopic (exact) mass is 368 g/mol. The van der Waals surface area contributed by atoms with Crippen molar-refractivity contribution in [2.45, 2.75) is 6.54 Å². The van der Waals surface area contributed by atoms with Crippen molar-refractivity contribution in [2.75, 3.05) is 13.7 Å². The van der Waals surface area contributed by atoms with Crippen LogP contribution in [0.3, 0.4) is 0 Å². The van der Waals surface area contributed by atoms with Crippen LogP contribution in [0.5, 0.6) is 0 Å². The molecule has 0 radical (unpaired) electrons. The van der Waals surface area contributed by atoms with Crippen molar-refractivity contribution in [1.82, 2.24) is 19.9 Å². The summed E-state index contributed by atoms with van der Waals surface area (Å²) in [5.74, 6) is -0.885. The van der Waals surface area contributed by atoms with Gasteiger partial charge in [-0.2, -0.15) is 0 Å². The Labute approximate surface area is 152 Å². The van der Waals surface area contributed by atoms with E-state index in [0.29, 0.717) is 16.5 Å². The number of nitrogens with one attached hydrogen (secondary N) is 2. The molecule has 0 atom stereocenters. The molecule has 2 heterocycles. The standard InChI is InChI=1S/C18H16N4O5/c1-27-17(25)12-6-4-11(5-7-12)15(23)20-9-10-22-16(24)13-3-2-8-19-14(13)21-18(22)26/h2-8H,9-10H2,1H3,(H,20,23)(H,19,21,26). The third-order valence-electron chi connectivity index (χ3n) is 3.94. The topological polar surface area (TPSA) is 123 Å². The van der Waals surface area contributed by atoms with Crippen molar-refractivity contribution < 1.29 is 14.3 Å². The fourth-order valence-electron chi connectivity index (χ4n) is 2.55. The summed E-state index contributed by atoms with van der Waals surface area (Å²) in [7, 11) is 1.27. The van der Waals surface area contributed by atoms with Crippen LogP contribution in [0.4, 0.5) is 0 Å². The Hall–Kier alpha value is -3.75. The van der Waals surface area contributed by atoms with Gasteiger partial charge in [-0.05, 0) is 36.4 Å². The van der Waals surface area contributed by atoms with Crippen LogP contribution in [0.15, 0.2) is 52.2 Å². The quantitative estimate of drug-likeness (QED) is 0.625. The fourth-order valence-corrected chi connectivity index (χ4v) is 2.55. The van der Waals surface area contributed by atoms with Crippen molar-refractivity contribution in [3.8, 4) is 0 Å². The maximum atomic E-state index is 12.4. The molecular weight excluding hydrogens is 352 g/mol. The van der Waals surface area contributed by atoms with E-state index in [-0.39, 0.29) is 18.7 Å². The summed E-state index contributed by atoms with van der Waals surface area (Å²) < 4.78 is 5.60. The Morgan fingerprint density at radius 1 is 1.15 bits per heavy atom. The van der Waals surface area contributed by atoms with Gasteiger partial charge in [0.1, 0.15) is 5.65 Å². The number of ether oxygens (including phenoxy) is 1. The Morgan fingerprint density at radius 3 is 2.56 bits per heavy atom. The van der Waals surface area contributed by atoms with E-state index in [0.717, 1.165) is 4.57 Å². The van der Waals surface area contributed by atoms with Crippen LogP contribution in [0.1, 0.15) is 20.7 Å². The predicted molar refractivity (Wildman–Crippen MR) is 96.7 cm³/mol. The molecule has 3 rings (SSSR count). The van der Waals surface area contributed by atoms with Gasteiger partial charge in [0.25, 0.3) is 11.5 Å². The number of nitrogens with zero attached hydrogens (tertiary/aromatic N) is 2. The van der Waals surface area contributed by atoms with Gasteiger partial charge in [-0.3, -0.25) is 19.1 Å². The van der Waals surface area contributed by atoms with Gasteiger partial charge in [0.2, 0.25) is 0 Å². The highest BCUT2D eigenvalue weighted by Gasteiger charge is 2.10. The molecule has 0 aliphatic carbocycles. The molecule has 0 aliphatic heterocycles. The van der Waals surface area contributed by atoms with Crippen molar-refractivity contribution in [1.29, 1.82) is 0 Å². The van der Waals surface area contributed by atoms with Crippen LogP contribution in [-0.4, -0.2) is 40.1 Å². The molecule has 0 unspecified atom stereocenters. The summed E-state index contributed by atoms with van der Waals surface area (Å²) in [6.45, 7) is 0.0807. The van der Waals surface area contributed by atoms with Crippen molar-refractivity contribution >= 4 is 22.9 Å². The molecule has 0 aliphatic rings. The molecule has 9 nitrogen and oxygen atoms in total. The number of aromatic amines is 1. The second-order valence-corrected chi connectivity index (χ2v) is 5.61. The molecule has 2 N–H and O–H groups in total. The van der Waals surface area contributed by atoms with E-state index < -0.39 is 23.1 Å². The van der Waals surface area contributed by atoms with Gasteiger partial charge in [0.05, 0.1) is 18.1 Å². The predicted octanol–water partition coefficient (Wildman–Crippen LogP) is 0.301. The number of pyridine rings is 1. The molecule has 0 bridgehead atoms. The molecule has 138 valence electrons. The summed E-state index contributed by atoms with van der Waals surface area (Å²) in [4.78, 5) is 54.4. The van der Waals surface area contributed by atoms with Crippen molar-refractivity contribution in [2.24, 2.45) is 0 Å². The number of hydrogen-bond donors (Lipinski definition) is 2. The van der Waals surface area contributed by atoms with Crippen LogP contribution in [0.2, 0.25) is 0 Å². The first-order valence-electron chi connectivity index (χ1n) is 8.05. The van der Waals surface area contributed by atoms with Gasteiger partial charge in [-0.15, -0.1) is 0 Å². The van der Waals surface area contributed by atoms with Crippen LogP contribution < -0.4 is 16.6 Å². The molecule has 0 saturated carbocycles. The minimum atomic E-state index is -0.595. The fraction of sp³-hybridized carbons (Fsp3) is 0.167. The second-order valence-electron chi connectivity index (χ2n) is 5.61. The highest BCUT2D eigenvalue weighted by atomic mass is 16.5. The molecule has 1 amide bonds. The highest BCUT2D eigenvalue weighted by molar-refractivity contribution is 5.96. The summed E-state index contributed by atoms with van der Waals surface area (Å²) in [5.41, 5.74) is -0.177. The van der Waals surface area contributed by atoms with E-state index in [9.17, 15) is 19.2 Å². The summed E-state index contributed by atoms with van der Waals surface area (Å²) in [6, 6.07) is 9.10. The lowest BCUT2D eigenvalue weighted by atomic mass is 10.1. The van der Waals surface area contributed by atoms with E-state index in [4.69, 9.17) is 0 Å². The molecule has 9 heteroatoms. The van der Waals surface area contributed by atoms with Gasteiger partial charge in [0, 0.05) is 24.8 Å². The zero-order valence-corrected chi connectivity index (χ0v) is 14.4. The average molecular weight is 368 g/mol. The van der Waals surface area contributed by atoms with Gasteiger partial charge in [0.15, 0.2) is 0 Å². The number of hydrogen-bond acceptors (Lipinski definition) is 6. The Kier molecular flexibility index (Phi) is 5.11. The van der Waals surface area contributed by atoms with Crippen molar-refractivity contribution in [3.05, 3.63) is 74.6 Å². The second kappa shape index (κ2) is 7.65. The van der Waals surface area contributed by atoms with Crippen LogP contribution in [-0.2, 0) is 11.3 Å². The zero-order valence-electron chi connectivity index (χ0n) is 14.4. The lowest BCUT2D eigenvalue weighted by Gasteiger charge is -2.08. The molecule has 2 aromatic heterocycles. The minimum absolute atomic E-state index is 0.00495. The zero-order chi connectivity index (χ0) is 19.4. The van der Waals surface area contributed by atoms with Crippen LogP contribution in [0.25, 0.3) is 11.0 Å². The first-order valence-corrected chi connectivity index (χ1v) is 8.05. The Bertz CT molecular complexity index is 1120. The van der Waals surface area contributed by atoms with Gasteiger partial charge < -0.3 is 10.1 Å². The highest BCUT2D eigenvalue weighted by Crippen LogP contribution is 2.05. The lowest BCUT2D eigenvalue weighted by molar-refractivity contribution is 0.0600. The maximum absolute atomic E-state index is 12.4. The SMILES string of the molecule is COC(=O)c1ccc(C(=O)NCCn2c(=O)[nH]c3ncccc3c2=O)cc1. The lowest BCUT2D eigenvalue weighted by Crippen LogP contribution is -2.39. The largest absolute Gasteiger partial charge is 0.465 e. The molecule has 1 aromatic carbocycles. The van der Waals surface area contributed by atoms with E-state index in [1.165, 1.54) is 37.6 Å². The van der Waals surface area contributed by atoms with E-state index in [2.05, 4.69) is 20.0 Å². The molecular formula is C18H16N4O5. The number of esters is 1. The van der Waals surface area contributed by atoms with E-state index in [1.807, 2.05) is 0 Å². The van der Waals surface area contributed by atoms with Crippen molar-refractivity contribution in [3.63, 3.8) is 0 Å². The third kappa shape index (κ3) is 3.76. The number of benzene rings is 1. The maximum Gasteiger partial charge on any atom is 0.337 e. The smallest absolute Gasteiger partial charge is 0.337 e. The van der Waals surface area contributed by atoms with Crippen LogP contribution >= 0.6 is 0 Å². The number of fused-ring (bicyclic) bond motifs is 1. The first-order chi connectivity index (χ1) is 13.0. The molecule has 0 spiro atoms. The minimum Gasteiger partial charge on any atom is -0.465 e. The van der Waals surface area contributed by atoms with Gasteiger partial charge >= 0.3 is 11.7 Å². The van der Waals surface area contributed by atoms with Crippen LogP contribution in [0, 0.1) is 0 Å². The number of amides is 1. The molecule has 0 saturated heterocycles. The Balaban J connectivity index is 1.69. The van der Waals surface area contributed by atoms with Gasteiger partial charge in [-0.25, -0.2) is 14.6 Å². The number of carbonyl (C=O) groups is 2. The molecule has 27 heavy (non-hydrogen) atoms. The summed E-state index contributed by atoms with van der Waals surface area (Å²) >= 11 is 0. The van der Waals surface area contributed by atoms with Gasteiger partial charge in [-0.1, -0.05) is 0 Å². The Morgan fingerprint density at radius 2 is 1.85 bits per heavy atom. The van der Waals surface area contributed by atoms with E-state index in [1.54, 1.807) is 12.1 Å². The number of methoxy groups -OCH3 is 1. The summed E-state index contributed by atoms with van der Waals surface area (Å²) in [5, 5.41) is 2.92. The molecule has 0 fully saturated rings. The first kappa shape index (κ1) is 18.1. The number of aromatic nitrogens is 3. The summed E-state index contributed by atoms with van der Waals surface area (Å²) in [6.07, 6.45) is 1.48. The van der Waals surface area contributed by atoms with E-state index >= 15 is 0 Å². The number of carbonyl (C=O) groups excluding carboxylic acids is 2. The average Bonchev–Trinajstić information content (AvgIpc) is 2.69.